The normalized spacial score (nSPS) is 23.6. The molecule has 23 nitrogen and oxygen atoms in total. The number of nitrogens with zero attached hydrogens (tertiary/aromatic N) is 3. The molecular formula is C49H77N6O17PSi2. The molecule has 2 aromatic heterocycles. The zero-order valence-corrected chi connectivity index (χ0v) is 48.6. The predicted molar refractivity (Wildman–Crippen MR) is 283 cm³/mol. The van der Waals surface area contributed by atoms with Crippen molar-refractivity contribution in [1.82, 2.24) is 24.4 Å². The van der Waals surface area contributed by atoms with Gasteiger partial charge in [-0.1, -0.05) is 89.2 Å². The fourth-order valence-electron chi connectivity index (χ4n) is 9.75. The van der Waals surface area contributed by atoms with E-state index in [0.717, 1.165) is 16.7 Å². The molecule has 75 heavy (non-hydrogen) atoms. The third kappa shape index (κ3) is 14.0. The lowest BCUT2D eigenvalue weighted by atomic mass is 9.98. The summed E-state index contributed by atoms with van der Waals surface area (Å²) in [5, 5.41) is 14.6. The second kappa shape index (κ2) is 24.6. The van der Waals surface area contributed by atoms with E-state index >= 15 is 0 Å². The van der Waals surface area contributed by atoms with E-state index in [4.69, 9.17) is 36.8 Å². The van der Waals surface area contributed by atoms with E-state index < -0.39 is 132 Å². The lowest BCUT2D eigenvalue weighted by Crippen LogP contribution is -2.54. The van der Waals surface area contributed by atoms with Crippen molar-refractivity contribution in [3.05, 3.63) is 106 Å². The number of nitro benzene ring substituents is 1. The van der Waals surface area contributed by atoms with Crippen molar-refractivity contribution >= 4 is 42.0 Å². The summed E-state index contributed by atoms with van der Waals surface area (Å²) in [7, 11) is -9.97. The summed E-state index contributed by atoms with van der Waals surface area (Å²) < 4.78 is 68.8. The Balaban J connectivity index is 1.53. The van der Waals surface area contributed by atoms with Gasteiger partial charge in [-0.05, 0) is 53.7 Å². The van der Waals surface area contributed by atoms with E-state index in [1.807, 2.05) is 89.3 Å². The number of benzene rings is 1. The van der Waals surface area contributed by atoms with Gasteiger partial charge in [-0.25, -0.2) is 14.4 Å². The molecule has 0 spiro atoms. The fourth-order valence-corrected chi connectivity index (χ4v) is 17.8. The van der Waals surface area contributed by atoms with Crippen LogP contribution in [0.1, 0.15) is 130 Å². The van der Waals surface area contributed by atoms with Crippen LogP contribution in [0.4, 0.5) is 10.5 Å². The van der Waals surface area contributed by atoms with Gasteiger partial charge in [0.1, 0.15) is 31.0 Å². The highest BCUT2D eigenvalue weighted by Gasteiger charge is 2.57. The Bertz CT molecular complexity index is 2770. The standard InChI is InChI=1S/C49H77N6O17PSi2/c1-16-22-50-43(58)32-18-19-33(34(25-32)55(62)63)31(9)26-65-48(61)69-39-36(68-44(53-23-20-37(56)51-46(53)59)41(39)72-75(28(3)4,29(5)6)30(7)8)27-66-73(13,64)70-40-35(17-2)67-45(54-24-21-38(57)52-47(54)60)42(40)71-74(14,15)49(10,11)12/h18-21,23-25,28-31,35-36,39-42,44-45H,16-17,22,26-27H2,1-15H3,(H,50,58)(H,51,56,59)(H,52,57,60)/t31?,35-,36-,39+,40+,41?,42?,44-,45-,73?/m1/s1. The number of hydrogen-bond donors (Lipinski definition) is 3. The Hall–Kier alpha value is -4.86. The molecule has 1 amide bonds. The summed E-state index contributed by atoms with van der Waals surface area (Å²) in [5.41, 5.74) is -3.14. The van der Waals surface area contributed by atoms with Gasteiger partial charge in [-0.3, -0.25) is 52.7 Å². The van der Waals surface area contributed by atoms with Gasteiger partial charge in [0.15, 0.2) is 26.9 Å². The molecular weight excluding hydrogens is 1030 g/mol. The van der Waals surface area contributed by atoms with Crippen molar-refractivity contribution < 1.29 is 55.9 Å². The van der Waals surface area contributed by atoms with Gasteiger partial charge in [0.2, 0.25) is 8.32 Å². The molecule has 0 saturated carbocycles. The minimum absolute atomic E-state index is 0.0455. The van der Waals surface area contributed by atoms with Gasteiger partial charge < -0.3 is 37.6 Å². The molecule has 2 aliphatic heterocycles. The summed E-state index contributed by atoms with van der Waals surface area (Å²) in [4.78, 5) is 94.2. The van der Waals surface area contributed by atoms with Crippen LogP contribution in [0.15, 0.2) is 61.9 Å². The summed E-state index contributed by atoms with van der Waals surface area (Å²) in [6.45, 7) is 28.1. The third-order valence-corrected chi connectivity index (χ3v) is 26.3. The molecule has 26 heteroatoms. The second-order valence-corrected chi connectivity index (χ2v) is 34.0. The number of nitrogens with one attached hydrogen (secondary N) is 3. The van der Waals surface area contributed by atoms with Crippen LogP contribution in [-0.4, -0.2) is 116 Å². The maximum absolute atomic E-state index is 14.9. The van der Waals surface area contributed by atoms with Gasteiger partial charge >= 0.3 is 25.1 Å². The van der Waals surface area contributed by atoms with Gasteiger partial charge in [0.25, 0.3) is 22.7 Å². The summed E-state index contributed by atoms with van der Waals surface area (Å²) in [6, 6.07) is 6.34. The molecule has 4 unspecified atom stereocenters. The van der Waals surface area contributed by atoms with Crippen LogP contribution in [0.25, 0.3) is 0 Å². The zero-order chi connectivity index (χ0) is 56.1. The van der Waals surface area contributed by atoms with Crippen LogP contribution in [0.5, 0.6) is 0 Å². The van der Waals surface area contributed by atoms with Crippen molar-refractivity contribution in [2.75, 3.05) is 26.4 Å². The number of carbonyl (C=O) groups excluding carboxylic acids is 2. The van der Waals surface area contributed by atoms with Gasteiger partial charge in [-0.2, -0.15) is 0 Å². The Kier molecular flexibility index (Phi) is 20.0. The van der Waals surface area contributed by atoms with E-state index in [2.05, 4.69) is 15.3 Å². The minimum atomic E-state index is -4.26. The summed E-state index contributed by atoms with van der Waals surface area (Å²) in [5.74, 6) is -1.26. The summed E-state index contributed by atoms with van der Waals surface area (Å²) >= 11 is 0. The summed E-state index contributed by atoms with van der Waals surface area (Å²) in [6.07, 6.45) is -7.26. The quantitative estimate of drug-likeness (QED) is 0.0268. The lowest BCUT2D eigenvalue weighted by molar-refractivity contribution is -0.385. The number of rotatable bonds is 23. The first kappa shape index (κ1) is 61.0. The van der Waals surface area contributed by atoms with Gasteiger partial charge in [0.05, 0.1) is 17.6 Å². The Morgan fingerprint density at radius 2 is 1.36 bits per heavy atom. The first-order valence-electron chi connectivity index (χ1n) is 25.5. The fraction of sp³-hybridized carbons (Fsp3) is 0.673. The number of ether oxygens (including phenoxy) is 4. The highest BCUT2D eigenvalue weighted by Crippen LogP contribution is 2.53. The molecule has 2 aliphatic rings. The van der Waals surface area contributed by atoms with E-state index in [0.29, 0.717) is 19.4 Å². The van der Waals surface area contributed by atoms with Crippen LogP contribution in [0.2, 0.25) is 34.8 Å². The number of carbonyl (C=O) groups is 2. The number of nitro groups is 1. The first-order valence-corrected chi connectivity index (χ1v) is 32.5. The van der Waals surface area contributed by atoms with Gasteiger partial charge in [0, 0.05) is 60.8 Å². The predicted octanol–water partition coefficient (Wildman–Crippen LogP) is 7.84. The van der Waals surface area contributed by atoms with E-state index in [-0.39, 0.29) is 38.5 Å². The monoisotopic (exact) mass is 1110 g/mol. The lowest BCUT2D eigenvalue weighted by Gasteiger charge is -2.45. The molecule has 418 valence electrons. The topological polar surface area (TPSA) is 290 Å². The molecule has 0 bridgehead atoms. The molecule has 0 aliphatic carbocycles. The second-order valence-electron chi connectivity index (χ2n) is 21.8. The molecule has 5 rings (SSSR count). The van der Waals surface area contributed by atoms with E-state index in [1.165, 1.54) is 41.8 Å². The number of H-pyrrole nitrogens is 2. The molecule has 4 heterocycles. The maximum Gasteiger partial charge on any atom is 0.508 e. The molecule has 2 saturated heterocycles. The van der Waals surface area contributed by atoms with Crippen LogP contribution in [-0.2, 0) is 41.4 Å². The molecule has 2 fully saturated rings. The smallest absolute Gasteiger partial charge is 0.434 e. The zero-order valence-electron chi connectivity index (χ0n) is 45.7. The molecule has 3 N–H and O–H groups in total. The van der Waals surface area contributed by atoms with Crippen molar-refractivity contribution in [2.45, 2.75) is 186 Å². The average Bonchev–Trinajstić information content (AvgIpc) is 3.81. The van der Waals surface area contributed by atoms with Crippen molar-refractivity contribution in [3.8, 4) is 0 Å². The first-order chi connectivity index (χ1) is 34.9. The highest BCUT2D eigenvalue weighted by molar-refractivity contribution is 7.53. The van der Waals surface area contributed by atoms with Crippen LogP contribution >= 0.6 is 7.60 Å². The van der Waals surface area contributed by atoms with Crippen molar-refractivity contribution in [2.24, 2.45) is 0 Å². The number of aromatic amines is 2. The average molecular weight is 1110 g/mol. The molecule has 1 aromatic carbocycles. The molecule has 0 radical (unpaired) electrons. The number of amides is 1. The van der Waals surface area contributed by atoms with Crippen LogP contribution in [0, 0.1) is 10.1 Å². The van der Waals surface area contributed by atoms with E-state index in [1.54, 1.807) is 6.92 Å². The Morgan fingerprint density at radius 3 is 1.84 bits per heavy atom. The molecule has 3 aromatic rings. The van der Waals surface area contributed by atoms with Crippen molar-refractivity contribution in [3.63, 3.8) is 0 Å². The van der Waals surface area contributed by atoms with Crippen LogP contribution in [0.3, 0.4) is 0 Å². The number of hydrogen-bond acceptors (Lipinski definition) is 17. The third-order valence-electron chi connectivity index (χ3n) is 14.5. The maximum atomic E-state index is 14.9. The Labute approximate surface area is 438 Å². The Morgan fingerprint density at radius 1 is 0.827 bits per heavy atom. The highest BCUT2D eigenvalue weighted by atomic mass is 31.2. The minimum Gasteiger partial charge on any atom is -0.434 e. The van der Waals surface area contributed by atoms with Gasteiger partial charge in [-0.15, -0.1) is 0 Å². The van der Waals surface area contributed by atoms with Crippen LogP contribution < -0.4 is 27.8 Å². The van der Waals surface area contributed by atoms with E-state index in [9.17, 15) is 43.4 Å². The SMILES string of the molecule is CCCNC(=O)c1ccc(C(C)COC(=O)O[C@@H]2C(O[Si](C(C)C)(C(C)C)C(C)C)[C@H](n3ccc(=O)[nH]c3=O)O[C@@H]2COP(C)(=O)O[C@@H]2C(O[Si](C)(C)C(C)(C)C)[C@H](n3ccc(=O)[nH]c3=O)O[C@@H]2CC)c([N+](=O)[O-])c1. The number of aromatic nitrogens is 4. The largest absolute Gasteiger partial charge is 0.508 e. The van der Waals surface area contributed by atoms with Crippen molar-refractivity contribution in [1.29, 1.82) is 0 Å². The molecule has 10 atom stereocenters.